The Morgan fingerprint density at radius 2 is 2.19 bits per heavy atom. The lowest BCUT2D eigenvalue weighted by molar-refractivity contribution is 0.499. The summed E-state index contributed by atoms with van der Waals surface area (Å²) in [5.74, 6) is 3.24. The highest BCUT2D eigenvalue weighted by atomic mass is 79.9. The van der Waals surface area contributed by atoms with Gasteiger partial charge in [-0.25, -0.2) is 0 Å². The molecule has 3 N–H and O–H groups in total. The fraction of sp³-hybridized carbons (Fsp3) is 0.500. The molecule has 1 aliphatic rings. The van der Waals surface area contributed by atoms with Crippen molar-refractivity contribution in [3.63, 3.8) is 0 Å². The van der Waals surface area contributed by atoms with E-state index in [0.717, 1.165) is 16.1 Å². The molecule has 1 aromatic carbocycles. The first-order valence-corrected chi connectivity index (χ1v) is 7.54. The summed E-state index contributed by atoms with van der Waals surface area (Å²) in [7, 11) is 0. The van der Waals surface area contributed by atoms with Crippen LogP contribution in [0.15, 0.2) is 28.7 Å². The van der Waals surface area contributed by atoms with Crippen LogP contribution in [-0.4, -0.2) is 24.1 Å². The minimum Gasteiger partial charge on any atom is -0.381 e. The largest absolute Gasteiger partial charge is 0.381 e. The van der Waals surface area contributed by atoms with Crippen LogP contribution in [0.25, 0.3) is 0 Å². The summed E-state index contributed by atoms with van der Waals surface area (Å²) in [6.07, 6.45) is 1.29. The van der Waals surface area contributed by atoms with Crippen LogP contribution >= 0.6 is 27.7 Å². The molecule has 0 spiro atoms. The van der Waals surface area contributed by atoms with Gasteiger partial charge in [-0.2, -0.15) is 11.8 Å². The third kappa shape index (κ3) is 3.15. The van der Waals surface area contributed by atoms with Gasteiger partial charge in [0.1, 0.15) is 0 Å². The molecule has 1 aromatic rings. The van der Waals surface area contributed by atoms with Crippen molar-refractivity contribution < 1.29 is 0 Å². The standard InChI is InChI=1S/C12H17BrN2S/c13-10-1-3-11(4-2-10)15-12(7-14)9-5-6-16-8-9/h1-4,9,12,15H,5-8,14H2. The second kappa shape index (κ2) is 5.94. The number of halogens is 1. The molecular formula is C12H17BrN2S. The molecule has 1 saturated heterocycles. The third-order valence-corrected chi connectivity index (χ3v) is 4.70. The van der Waals surface area contributed by atoms with Crippen LogP contribution in [0.5, 0.6) is 0 Å². The highest BCUT2D eigenvalue weighted by molar-refractivity contribution is 9.10. The van der Waals surface area contributed by atoms with Gasteiger partial charge in [0.25, 0.3) is 0 Å². The molecule has 1 heterocycles. The van der Waals surface area contributed by atoms with Crippen LogP contribution in [0.3, 0.4) is 0 Å². The van der Waals surface area contributed by atoms with Crippen LogP contribution in [0, 0.1) is 5.92 Å². The Morgan fingerprint density at radius 1 is 1.44 bits per heavy atom. The first kappa shape index (κ1) is 12.3. The molecule has 1 aliphatic heterocycles. The van der Waals surface area contributed by atoms with Crippen LogP contribution in [0.4, 0.5) is 5.69 Å². The number of hydrogen-bond acceptors (Lipinski definition) is 3. The molecule has 0 aromatic heterocycles. The van der Waals surface area contributed by atoms with Gasteiger partial charge in [0.05, 0.1) is 0 Å². The molecule has 0 aliphatic carbocycles. The van der Waals surface area contributed by atoms with E-state index in [0.29, 0.717) is 12.6 Å². The van der Waals surface area contributed by atoms with E-state index in [1.807, 2.05) is 11.8 Å². The van der Waals surface area contributed by atoms with Crippen molar-refractivity contribution >= 4 is 33.4 Å². The Balaban J connectivity index is 1.97. The minimum absolute atomic E-state index is 0.413. The fourth-order valence-electron chi connectivity index (χ4n) is 2.00. The van der Waals surface area contributed by atoms with E-state index in [2.05, 4.69) is 45.5 Å². The molecule has 0 radical (unpaired) electrons. The number of nitrogens with one attached hydrogen (secondary N) is 1. The van der Waals surface area contributed by atoms with Crippen molar-refractivity contribution in [1.29, 1.82) is 0 Å². The van der Waals surface area contributed by atoms with E-state index in [1.54, 1.807) is 0 Å². The lowest BCUT2D eigenvalue weighted by Crippen LogP contribution is -2.36. The van der Waals surface area contributed by atoms with E-state index in [-0.39, 0.29) is 0 Å². The van der Waals surface area contributed by atoms with Crippen LogP contribution in [-0.2, 0) is 0 Å². The first-order valence-electron chi connectivity index (χ1n) is 5.59. The van der Waals surface area contributed by atoms with E-state index >= 15 is 0 Å². The van der Waals surface area contributed by atoms with Gasteiger partial charge in [-0.05, 0) is 48.1 Å². The van der Waals surface area contributed by atoms with Crippen LogP contribution in [0.1, 0.15) is 6.42 Å². The Bertz CT molecular complexity index is 322. The average Bonchev–Trinajstić information content (AvgIpc) is 2.82. The maximum Gasteiger partial charge on any atom is 0.0420 e. The van der Waals surface area contributed by atoms with Crippen molar-refractivity contribution in [3.05, 3.63) is 28.7 Å². The predicted molar refractivity (Wildman–Crippen MR) is 76.0 cm³/mol. The number of rotatable bonds is 4. The Hall–Kier alpha value is -0.190. The second-order valence-electron chi connectivity index (χ2n) is 4.12. The molecule has 1 fully saturated rings. The van der Waals surface area contributed by atoms with Gasteiger partial charge in [-0.1, -0.05) is 15.9 Å². The van der Waals surface area contributed by atoms with Gasteiger partial charge < -0.3 is 11.1 Å². The summed E-state index contributed by atoms with van der Waals surface area (Å²) in [5.41, 5.74) is 7.01. The predicted octanol–water partition coefficient (Wildman–Crippen LogP) is 2.94. The number of hydrogen-bond donors (Lipinski definition) is 2. The summed E-state index contributed by atoms with van der Waals surface area (Å²) < 4.78 is 1.11. The van der Waals surface area contributed by atoms with Crippen LogP contribution in [0.2, 0.25) is 0 Å². The zero-order chi connectivity index (χ0) is 11.4. The molecule has 2 unspecified atom stereocenters. The molecule has 16 heavy (non-hydrogen) atoms. The molecule has 2 rings (SSSR count). The first-order chi connectivity index (χ1) is 7.79. The molecule has 0 bridgehead atoms. The lowest BCUT2D eigenvalue weighted by Gasteiger charge is -2.23. The molecule has 4 heteroatoms. The number of benzene rings is 1. The van der Waals surface area contributed by atoms with Crippen molar-refractivity contribution in [3.8, 4) is 0 Å². The monoisotopic (exact) mass is 300 g/mol. The zero-order valence-electron chi connectivity index (χ0n) is 9.16. The smallest absolute Gasteiger partial charge is 0.0420 e. The summed E-state index contributed by atoms with van der Waals surface area (Å²) >= 11 is 5.48. The third-order valence-electron chi connectivity index (χ3n) is 2.98. The quantitative estimate of drug-likeness (QED) is 0.898. The maximum atomic E-state index is 5.85. The van der Waals surface area contributed by atoms with Crippen molar-refractivity contribution in [2.24, 2.45) is 11.7 Å². The van der Waals surface area contributed by atoms with Gasteiger partial charge in [-0.3, -0.25) is 0 Å². The zero-order valence-corrected chi connectivity index (χ0v) is 11.6. The van der Waals surface area contributed by atoms with Crippen molar-refractivity contribution in [1.82, 2.24) is 0 Å². The molecule has 2 nitrogen and oxygen atoms in total. The molecule has 2 atom stereocenters. The van der Waals surface area contributed by atoms with E-state index in [9.17, 15) is 0 Å². The van der Waals surface area contributed by atoms with Crippen molar-refractivity contribution in [2.75, 3.05) is 23.4 Å². The fourth-order valence-corrected chi connectivity index (χ4v) is 3.60. The van der Waals surface area contributed by atoms with Gasteiger partial charge in [0.15, 0.2) is 0 Å². The van der Waals surface area contributed by atoms with Crippen LogP contribution < -0.4 is 11.1 Å². The summed E-state index contributed by atoms with van der Waals surface area (Å²) in [5, 5.41) is 3.54. The van der Waals surface area contributed by atoms with Crippen molar-refractivity contribution in [2.45, 2.75) is 12.5 Å². The summed E-state index contributed by atoms with van der Waals surface area (Å²) in [6, 6.07) is 8.71. The SMILES string of the molecule is NCC(Nc1ccc(Br)cc1)C1CCSC1. The normalized spacial score (nSPS) is 22.0. The lowest BCUT2D eigenvalue weighted by atomic mass is 9.99. The average molecular weight is 301 g/mol. The van der Waals surface area contributed by atoms with Gasteiger partial charge in [-0.15, -0.1) is 0 Å². The van der Waals surface area contributed by atoms with Gasteiger partial charge in [0, 0.05) is 22.7 Å². The summed E-state index contributed by atoms with van der Waals surface area (Å²) in [6.45, 7) is 0.710. The van der Waals surface area contributed by atoms with E-state index < -0.39 is 0 Å². The topological polar surface area (TPSA) is 38.0 Å². The van der Waals surface area contributed by atoms with E-state index in [4.69, 9.17) is 5.73 Å². The van der Waals surface area contributed by atoms with Gasteiger partial charge in [0.2, 0.25) is 0 Å². The highest BCUT2D eigenvalue weighted by Crippen LogP contribution is 2.27. The Morgan fingerprint density at radius 3 is 2.75 bits per heavy atom. The van der Waals surface area contributed by atoms with E-state index in [1.165, 1.54) is 17.9 Å². The molecule has 0 saturated carbocycles. The minimum atomic E-state index is 0.413. The number of nitrogens with two attached hydrogens (primary N) is 1. The Labute approximate surface area is 109 Å². The molecule has 0 amide bonds. The maximum absolute atomic E-state index is 5.85. The second-order valence-corrected chi connectivity index (χ2v) is 6.18. The summed E-state index contributed by atoms with van der Waals surface area (Å²) in [4.78, 5) is 0. The molecule has 88 valence electrons. The highest BCUT2D eigenvalue weighted by Gasteiger charge is 2.24. The number of thioether (sulfide) groups is 1. The molecular weight excluding hydrogens is 284 g/mol. The number of anilines is 1. The van der Waals surface area contributed by atoms with Gasteiger partial charge >= 0.3 is 0 Å². The Kier molecular flexibility index (Phi) is 4.55.